The Kier molecular flexibility index (Phi) is 7.29. The van der Waals surface area contributed by atoms with E-state index >= 15 is 0 Å². The normalized spacial score (nSPS) is 9.18. The lowest BCUT2D eigenvalue weighted by Gasteiger charge is -2.00. The zero-order valence-corrected chi connectivity index (χ0v) is 7.32. The Hall–Kier alpha value is -0.480. The second-order valence-corrected chi connectivity index (χ2v) is 3.07. The van der Waals surface area contributed by atoms with Crippen molar-refractivity contribution < 1.29 is 4.79 Å². The molecule has 0 unspecified atom stereocenters. The maximum Gasteiger partial charge on any atom is 0.233 e. The van der Waals surface area contributed by atoms with Gasteiger partial charge in [-0.2, -0.15) is 11.8 Å². The lowest BCUT2D eigenvalue weighted by molar-refractivity contribution is -0.119. The van der Waals surface area contributed by atoms with E-state index in [9.17, 15) is 4.79 Å². The first-order valence-corrected chi connectivity index (χ1v) is 4.62. The fraction of sp³-hybridized carbons (Fsp3) is 0.571. The van der Waals surface area contributed by atoms with Gasteiger partial charge in [0.1, 0.15) is 0 Å². The van der Waals surface area contributed by atoms with Gasteiger partial charge in [0, 0.05) is 18.1 Å². The first-order valence-electron chi connectivity index (χ1n) is 3.46. The molecule has 64 valence electrons. The van der Waals surface area contributed by atoms with Gasteiger partial charge in [-0.05, 0) is 0 Å². The third-order valence-electron chi connectivity index (χ3n) is 0.990. The van der Waals surface area contributed by atoms with Gasteiger partial charge in [-0.25, -0.2) is 0 Å². The van der Waals surface area contributed by atoms with Gasteiger partial charge >= 0.3 is 0 Å². The predicted molar refractivity (Wildman–Crippen MR) is 49.6 cm³/mol. The number of amides is 1. The highest BCUT2D eigenvalue weighted by molar-refractivity contribution is 7.99. The zero-order valence-electron chi connectivity index (χ0n) is 6.51. The number of carbonyl (C=O) groups is 1. The van der Waals surface area contributed by atoms with Gasteiger partial charge < -0.3 is 11.1 Å². The predicted octanol–water partition coefficient (Wildman–Crippen LogP) is -0.0195. The van der Waals surface area contributed by atoms with Crippen LogP contribution >= 0.6 is 11.8 Å². The summed E-state index contributed by atoms with van der Waals surface area (Å²) in [6.45, 7) is 4.35. The van der Waals surface area contributed by atoms with Gasteiger partial charge in [-0.15, -0.1) is 6.58 Å². The fourth-order valence-electron chi connectivity index (χ4n) is 0.501. The van der Waals surface area contributed by atoms with E-state index in [4.69, 9.17) is 5.73 Å². The molecule has 0 aliphatic heterocycles. The summed E-state index contributed by atoms with van der Waals surface area (Å²) >= 11 is 1.73. The maximum absolute atomic E-state index is 10.6. The Morgan fingerprint density at radius 3 is 3.00 bits per heavy atom. The largest absolute Gasteiger partial charge is 0.354 e. The molecule has 0 rings (SSSR count). The average molecular weight is 174 g/mol. The van der Waals surface area contributed by atoms with E-state index < -0.39 is 0 Å². The molecular weight excluding hydrogens is 160 g/mol. The van der Waals surface area contributed by atoms with Crippen molar-refractivity contribution in [2.75, 3.05) is 24.6 Å². The van der Waals surface area contributed by atoms with Crippen molar-refractivity contribution >= 4 is 17.7 Å². The molecule has 0 saturated heterocycles. The van der Waals surface area contributed by atoms with Crippen LogP contribution in [0.4, 0.5) is 0 Å². The standard InChI is InChI=1S/C7H14N2OS/c1-2-4-11-5-3-9-7(10)6-8/h2H,1,3-6,8H2,(H,9,10). The van der Waals surface area contributed by atoms with Crippen LogP contribution in [0.2, 0.25) is 0 Å². The Morgan fingerprint density at radius 1 is 1.73 bits per heavy atom. The molecule has 0 saturated carbocycles. The highest BCUT2D eigenvalue weighted by Crippen LogP contribution is 1.96. The lowest BCUT2D eigenvalue weighted by atomic mass is 10.6. The van der Waals surface area contributed by atoms with E-state index in [1.54, 1.807) is 11.8 Å². The van der Waals surface area contributed by atoms with Crippen molar-refractivity contribution in [2.24, 2.45) is 5.73 Å². The van der Waals surface area contributed by atoms with Crippen LogP contribution in [-0.2, 0) is 4.79 Å². The Labute approximate surface area is 71.4 Å². The number of hydrogen-bond acceptors (Lipinski definition) is 3. The minimum absolute atomic E-state index is 0.0755. The number of carbonyl (C=O) groups excluding carboxylic acids is 1. The summed E-state index contributed by atoms with van der Waals surface area (Å²) in [4.78, 5) is 10.6. The summed E-state index contributed by atoms with van der Waals surface area (Å²) in [5, 5.41) is 2.67. The number of thioether (sulfide) groups is 1. The summed E-state index contributed by atoms with van der Waals surface area (Å²) in [6.07, 6.45) is 1.84. The van der Waals surface area contributed by atoms with Crippen LogP contribution in [0.5, 0.6) is 0 Å². The monoisotopic (exact) mass is 174 g/mol. The first-order chi connectivity index (χ1) is 5.31. The van der Waals surface area contributed by atoms with E-state index in [0.717, 1.165) is 11.5 Å². The summed E-state index contributed by atoms with van der Waals surface area (Å²) in [5.74, 6) is 1.75. The van der Waals surface area contributed by atoms with E-state index in [1.807, 2.05) is 6.08 Å². The molecule has 0 radical (unpaired) electrons. The molecule has 0 atom stereocenters. The highest BCUT2D eigenvalue weighted by Gasteiger charge is 1.93. The maximum atomic E-state index is 10.6. The van der Waals surface area contributed by atoms with E-state index in [1.165, 1.54) is 0 Å². The van der Waals surface area contributed by atoms with Crippen LogP contribution in [0.1, 0.15) is 0 Å². The van der Waals surface area contributed by atoms with Gasteiger partial charge in [0.25, 0.3) is 0 Å². The van der Waals surface area contributed by atoms with Crippen molar-refractivity contribution in [3.8, 4) is 0 Å². The van der Waals surface area contributed by atoms with Crippen molar-refractivity contribution in [1.82, 2.24) is 5.32 Å². The molecule has 11 heavy (non-hydrogen) atoms. The van der Waals surface area contributed by atoms with Crippen LogP contribution in [0.25, 0.3) is 0 Å². The van der Waals surface area contributed by atoms with Crippen molar-refractivity contribution in [2.45, 2.75) is 0 Å². The summed E-state index contributed by atoms with van der Waals surface area (Å²) < 4.78 is 0. The van der Waals surface area contributed by atoms with E-state index in [0.29, 0.717) is 6.54 Å². The molecule has 0 bridgehead atoms. The third-order valence-corrected chi connectivity index (χ3v) is 1.95. The van der Waals surface area contributed by atoms with Gasteiger partial charge in [0.15, 0.2) is 0 Å². The molecule has 0 aromatic heterocycles. The molecule has 1 amide bonds. The molecule has 0 aromatic rings. The smallest absolute Gasteiger partial charge is 0.233 e. The summed E-state index contributed by atoms with van der Waals surface area (Å²) in [7, 11) is 0. The Bertz CT molecular complexity index is 128. The van der Waals surface area contributed by atoms with Gasteiger partial charge in [0.2, 0.25) is 5.91 Å². The molecule has 3 nitrogen and oxygen atoms in total. The van der Waals surface area contributed by atoms with Crippen LogP contribution in [0.15, 0.2) is 12.7 Å². The van der Waals surface area contributed by atoms with Gasteiger partial charge in [-0.1, -0.05) is 6.08 Å². The number of nitrogens with two attached hydrogens (primary N) is 1. The minimum Gasteiger partial charge on any atom is -0.354 e. The molecule has 0 heterocycles. The SMILES string of the molecule is C=CCSCCNC(=O)CN. The minimum atomic E-state index is -0.0933. The molecule has 0 fully saturated rings. The quantitative estimate of drug-likeness (QED) is 0.439. The van der Waals surface area contributed by atoms with Gasteiger partial charge in [0.05, 0.1) is 6.54 Å². The summed E-state index contributed by atoms with van der Waals surface area (Å²) in [5.41, 5.74) is 5.08. The van der Waals surface area contributed by atoms with Gasteiger partial charge in [-0.3, -0.25) is 4.79 Å². The van der Waals surface area contributed by atoms with Crippen molar-refractivity contribution in [1.29, 1.82) is 0 Å². The fourth-order valence-corrected chi connectivity index (χ4v) is 1.08. The first kappa shape index (κ1) is 10.5. The summed E-state index contributed by atoms with van der Waals surface area (Å²) in [6, 6.07) is 0. The molecular formula is C7H14N2OS. The lowest BCUT2D eigenvalue weighted by Crippen LogP contribution is -2.31. The zero-order chi connectivity index (χ0) is 8.53. The van der Waals surface area contributed by atoms with Crippen LogP contribution in [0.3, 0.4) is 0 Å². The molecule has 0 aliphatic rings. The Balaban J connectivity index is 3.01. The van der Waals surface area contributed by atoms with E-state index in [-0.39, 0.29) is 12.5 Å². The highest BCUT2D eigenvalue weighted by atomic mass is 32.2. The van der Waals surface area contributed by atoms with Crippen molar-refractivity contribution in [3.63, 3.8) is 0 Å². The van der Waals surface area contributed by atoms with Crippen LogP contribution in [0, 0.1) is 0 Å². The average Bonchev–Trinajstić information content (AvgIpc) is 2.04. The second kappa shape index (κ2) is 7.63. The number of nitrogens with one attached hydrogen (secondary N) is 1. The third kappa shape index (κ3) is 7.42. The number of hydrogen-bond donors (Lipinski definition) is 2. The molecule has 3 N–H and O–H groups in total. The molecule has 0 aromatic carbocycles. The topological polar surface area (TPSA) is 55.1 Å². The van der Waals surface area contributed by atoms with E-state index in [2.05, 4.69) is 11.9 Å². The number of rotatable bonds is 6. The molecule has 4 heteroatoms. The van der Waals surface area contributed by atoms with Crippen LogP contribution < -0.4 is 11.1 Å². The Morgan fingerprint density at radius 2 is 2.45 bits per heavy atom. The van der Waals surface area contributed by atoms with Crippen LogP contribution in [-0.4, -0.2) is 30.5 Å². The second-order valence-electron chi connectivity index (χ2n) is 1.92. The molecule has 0 aliphatic carbocycles. The van der Waals surface area contributed by atoms with Crippen molar-refractivity contribution in [3.05, 3.63) is 12.7 Å². The molecule has 0 spiro atoms.